The molecule has 12 nitrogen and oxygen atoms in total. The molecule has 2 aromatic heterocycles. The Bertz CT molecular complexity index is 1910. The maximum atomic E-state index is 12.2. The van der Waals surface area contributed by atoms with Crippen LogP contribution in [-0.2, 0) is 15.7 Å². The third-order valence-corrected chi connectivity index (χ3v) is 14.0. The highest BCUT2D eigenvalue weighted by molar-refractivity contribution is 6.99. The van der Waals surface area contributed by atoms with Crippen molar-refractivity contribution in [2.75, 3.05) is 31.5 Å². The van der Waals surface area contributed by atoms with Crippen LogP contribution in [0.15, 0.2) is 85.1 Å². The van der Waals surface area contributed by atoms with Crippen LogP contribution in [0, 0.1) is 0 Å². The Hall–Kier alpha value is -5.27. The van der Waals surface area contributed by atoms with Crippen molar-refractivity contribution in [3.63, 3.8) is 0 Å². The number of nitrogens with one attached hydrogen (secondary N) is 2. The Morgan fingerprint density at radius 3 is 2.18 bits per heavy atom. The van der Waals surface area contributed by atoms with E-state index in [2.05, 4.69) is 96.9 Å². The molecule has 5 rings (SSSR count). The summed E-state index contributed by atoms with van der Waals surface area (Å²) in [6.07, 6.45) is 3.27. The number of carboxylic acids is 1. The number of nitrogens with zero attached hydrogens (tertiary/aromatic N) is 4. The molecule has 3 N–H and O–H groups in total. The second kappa shape index (κ2) is 16.2. The number of carboxylic acid groups (broad SMARTS) is 1. The summed E-state index contributed by atoms with van der Waals surface area (Å²) in [6.45, 7) is 9.59. The molecule has 1 amide bonds. The fourth-order valence-corrected chi connectivity index (χ4v) is 11.1. The lowest BCUT2D eigenvalue weighted by Crippen LogP contribution is -2.66. The van der Waals surface area contributed by atoms with Crippen molar-refractivity contribution >= 4 is 53.6 Å². The number of hydrogen-bond donors (Lipinski definition) is 3. The van der Waals surface area contributed by atoms with E-state index >= 15 is 0 Å². The quantitative estimate of drug-likeness (QED) is 0.106. The number of amides is 1. The molecule has 0 bridgehead atoms. The molecule has 3 aromatic carbocycles. The van der Waals surface area contributed by atoms with E-state index in [-0.39, 0.29) is 29.1 Å². The van der Waals surface area contributed by atoms with Gasteiger partial charge in [0.2, 0.25) is 5.95 Å². The summed E-state index contributed by atoms with van der Waals surface area (Å²) in [7, 11) is 0.0516. The fourth-order valence-electron chi connectivity index (χ4n) is 6.56. The van der Waals surface area contributed by atoms with Crippen LogP contribution in [0.4, 0.5) is 16.6 Å². The van der Waals surface area contributed by atoms with Crippen LogP contribution in [0.5, 0.6) is 5.75 Å². The highest BCUT2D eigenvalue weighted by Crippen LogP contribution is 2.37. The highest BCUT2D eigenvalue weighted by atomic mass is 28.4. The molecular formula is C38H46N6O6Si. The first-order valence-electron chi connectivity index (χ1n) is 17.0. The van der Waals surface area contributed by atoms with Gasteiger partial charge in [0, 0.05) is 18.2 Å². The third kappa shape index (κ3) is 8.21. The average Bonchev–Trinajstić information content (AvgIpc) is 3.52. The number of hydrogen-bond acceptors (Lipinski definition) is 9. The van der Waals surface area contributed by atoms with E-state index in [0.29, 0.717) is 41.2 Å². The maximum absolute atomic E-state index is 12.2. The second-order valence-electron chi connectivity index (χ2n) is 13.3. The minimum Gasteiger partial charge on any atom is -0.496 e. The molecule has 1 unspecified atom stereocenters. The van der Waals surface area contributed by atoms with Crippen LogP contribution in [0.25, 0.3) is 11.0 Å². The van der Waals surface area contributed by atoms with Gasteiger partial charge in [0.1, 0.15) is 16.8 Å². The normalized spacial score (nSPS) is 12.4. The lowest BCUT2D eigenvalue weighted by molar-refractivity contribution is 0.0696. The van der Waals surface area contributed by atoms with E-state index in [1.165, 1.54) is 30.7 Å². The number of rotatable bonds is 15. The lowest BCUT2D eigenvalue weighted by atomic mass is 10.1. The van der Waals surface area contributed by atoms with Gasteiger partial charge >= 0.3 is 12.1 Å². The molecule has 51 heavy (non-hydrogen) atoms. The lowest BCUT2D eigenvalue weighted by Gasteiger charge is -2.43. The molecule has 0 radical (unpaired) electrons. The van der Waals surface area contributed by atoms with Crippen molar-refractivity contribution in [2.24, 2.45) is 0 Å². The Balaban J connectivity index is 1.50. The molecule has 0 fully saturated rings. The predicted octanol–water partition coefficient (Wildman–Crippen LogP) is 6.31. The van der Waals surface area contributed by atoms with Crippen LogP contribution in [0.3, 0.4) is 0 Å². The molecule has 0 aliphatic heterocycles. The van der Waals surface area contributed by atoms with E-state index in [1.54, 1.807) is 23.0 Å². The Kier molecular flexibility index (Phi) is 11.7. The van der Waals surface area contributed by atoms with Gasteiger partial charge in [-0.25, -0.2) is 14.6 Å². The first-order chi connectivity index (χ1) is 24.5. The molecule has 1 atom stereocenters. The molecule has 0 spiro atoms. The van der Waals surface area contributed by atoms with E-state index in [0.717, 1.165) is 12.8 Å². The van der Waals surface area contributed by atoms with Crippen molar-refractivity contribution in [2.45, 2.75) is 64.6 Å². The van der Waals surface area contributed by atoms with Gasteiger partial charge in [-0.15, -0.1) is 0 Å². The standard InChI is InChI=1S/C38H46N6O6Si/c1-7-14-28(21-22-50-51(38(2,3)4,29-15-10-8-11-16-29)30-17-12-9-13-18-30)40-34-33-31(41-36(42-34)43-37(47)49-6)24-39-44(33)25-27-23-26(35(45)46)19-20-32(27)48-5/h8-13,15-20,23-24,28H,7,14,21-22,25H2,1-6H3,(H,45,46)(H2,40,41,42,43,47). The Morgan fingerprint density at radius 2 is 1.61 bits per heavy atom. The largest absolute Gasteiger partial charge is 0.496 e. The minimum absolute atomic E-state index is 0.0562. The number of anilines is 2. The van der Waals surface area contributed by atoms with Gasteiger partial charge in [0.25, 0.3) is 8.32 Å². The predicted molar refractivity (Wildman–Crippen MR) is 201 cm³/mol. The van der Waals surface area contributed by atoms with Crippen molar-refractivity contribution in [1.29, 1.82) is 0 Å². The zero-order chi connectivity index (χ0) is 36.6. The van der Waals surface area contributed by atoms with E-state index in [9.17, 15) is 14.7 Å². The van der Waals surface area contributed by atoms with Crippen molar-refractivity contribution in [3.8, 4) is 5.75 Å². The summed E-state index contributed by atoms with van der Waals surface area (Å²) < 4.78 is 19.3. The molecule has 268 valence electrons. The van der Waals surface area contributed by atoms with Gasteiger partial charge < -0.3 is 24.3 Å². The van der Waals surface area contributed by atoms with Crippen LogP contribution in [0.1, 0.15) is 62.9 Å². The number of aromatic carboxylic acids is 1. The van der Waals surface area contributed by atoms with Crippen LogP contribution < -0.4 is 25.7 Å². The second-order valence-corrected chi connectivity index (χ2v) is 17.6. The molecular weight excluding hydrogens is 665 g/mol. The number of ether oxygens (including phenoxy) is 2. The molecule has 0 aliphatic carbocycles. The smallest absolute Gasteiger partial charge is 0.413 e. The van der Waals surface area contributed by atoms with E-state index in [1.807, 2.05) is 12.1 Å². The third-order valence-electron chi connectivity index (χ3n) is 8.91. The minimum atomic E-state index is -2.75. The van der Waals surface area contributed by atoms with E-state index < -0.39 is 20.4 Å². The van der Waals surface area contributed by atoms with Gasteiger partial charge in [-0.05, 0) is 46.5 Å². The Morgan fingerprint density at radius 1 is 0.941 bits per heavy atom. The topological polar surface area (TPSA) is 150 Å². The van der Waals surface area contributed by atoms with Crippen molar-refractivity contribution < 1.29 is 28.6 Å². The Labute approximate surface area is 299 Å². The van der Waals surface area contributed by atoms with Gasteiger partial charge in [0.15, 0.2) is 5.82 Å². The van der Waals surface area contributed by atoms with Crippen LogP contribution in [-0.4, -0.2) is 72.1 Å². The molecule has 0 saturated heterocycles. The maximum Gasteiger partial charge on any atom is 0.413 e. The summed E-state index contributed by atoms with van der Waals surface area (Å²) in [5.74, 6) is -0.00893. The average molecular weight is 711 g/mol. The SMILES string of the molecule is CCCC(CCO[Si](c1ccccc1)(c1ccccc1)C(C)(C)C)Nc1nc(NC(=O)OC)nc2cnn(Cc3cc(C(=O)O)ccc3OC)c12. The molecule has 0 saturated carbocycles. The molecule has 0 aliphatic rings. The zero-order valence-corrected chi connectivity index (χ0v) is 31.0. The summed E-state index contributed by atoms with van der Waals surface area (Å²) in [5.41, 5.74) is 1.81. The first-order valence-corrected chi connectivity index (χ1v) is 18.9. The number of aromatic nitrogens is 4. The van der Waals surface area contributed by atoms with Gasteiger partial charge in [-0.1, -0.05) is 94.8 Å². The highest BCUT2D eigenvalue weighted by Gasteiger charge is 2.50. The van der Waals surface area contributed by atoms with Crippen LogP contribution in [0.2, 0.25) is 5.04 Å². The van der Waals surface area contributed by atoms with Gasteiger partial charge in [-0.2, -0.15) is 10.1 Å². The number of carbonyl (C=O) groups is 2. The van der Waals surface area contributed by atoms with Crippen LogP contribution >= 0.6 is 0 Å². The van der Waals surface area contributed by atoms with Gasteiger partial charge in [-0.3, -0.25) is 10.00 Å². The van der Waals surface area contributed by atoms with Crippen molar-refractivity contribution in [3.05, 3.63) is 96.2 Å². The molecule has 5 aromatic rings. The summed E-state index contributed by atoms with van der Waals surface area (Å²) in [5, 5.41) is 22.7. The molecule has 13 heteroatoms. The zero-order valence-electron chi connectivity index (χ0n) is 30.0. The number of methoxy groups -OCH3 is 2. The number of carbonyl (C=O) groups excluding carboxylic acids is 1. The molecule has 2 heterocycles. The number of fused-ring (bicyclic) bond motifs is 1. The fraction of sp³-hybridized carbons (Fsp3) is 0.342. The first kappa shape index (κ1) is 37.0. The summed E-state index contributed by atoms with van der Waals surface area (Å²) in [4.78, 5) is 33.2. The van der Waals surface area contributed by atoms with Gasteiger partial charge in [0.05, 0.1) is 32.5 Å². The number of benzene rings is 3. The monoisotopic (exact) mass is 710 g/mol. The van der Waals surface area contributed by atoms with Crippen molar-refractivity contribution in [1.82, 2.24) is 19.7 Å². The summed E-state index contributed by atoms with van der Waals surface area (Å²) >= 11 is 0. The van der Waals surface area contributed by atoms with E-state index in [4.69, 9.17) is 18.9 Å². The summed E-state index contributed by atoms with van der Waals surface area (Å²) in [6, 6.07) is 25.7.